The second kappa shape index (κ2) is 7.45. The summed E-state index contributed by atoms with van der Waals surface area (Å²) in [5.74, 6) is 0. The lowest BCUT2D eigenvalue weighted by atomic mass is 10.1. The van der Waals surface area contributed by atoms with Gasteiger partial charge in [0.25, 0.3) is 0 Å². The molecule has 0 saturated carbocycles. The van der Waals surface area contributed by atoms with E-state index in [2.05, 4.69) is 41.2 Å². The quantitative estimate of drug-likeness (QED) is 0.670. The van der Waals surface area contributed by atoms with E-state index in [0.29, 0.717) is 0 Å². The molecule has 0 aromatic carbocycles. The van der Waals surface area contributed by atoms with Gasteiger partial charge in [-0.3, -0.25) is 4.68 Å². The van der Waals surface area contributed by atoms with Crippen LogP contribution in [-0.4, -0.2) is 36.5 Å². The lowest BCUT2D eigenvalue weighted by Gasteiger charge is -2.05. The number of rotatable bonds is 8. The molecule has 1 rings (SSSR count). The Bertz CT molecular complexity index is 330. The van der Waals surface area contributed by atoms with Crippen LogP contribution in [0.4, 0.5) is 0 Å². The van der Waals surface area contributed by atoms with E-state index in [1.807, 2.05) is 7.05 Å². The zero-order valence-electron chi connectivity index (χ0n) is 11.6. The van der Waals surface area contributed by atoms with Crippen molar-refractivity contribution in [3.63, 3.8) is 0 Å². The summed E-state index contributed by atoms with van der Waals surface area (Å²) in [7, 11) is 1.99. The van der Waals surface area contributed by atoms with E-state index in [-0.39, 0.29) is 0 Å². The summed E-state index contributed by atoms with van der Waals surface area (Å²) in [5.41, 5.74) is 3.91. The van der Waals surface area contributed by atoms with E-state index < -0.39 is 0 Å². The lowest BCUT2D eigenvalue weighted by molar-refractivity contribution is 0.620. The van der Waals surface area contributed by atoms with Gasteiger partial charge >= 0.3 is 0 Å². The highest BCUT2D eigenvalue weighted by Gasteiger charge is 2.09. The van der Waals surface area contributed by atoms with E-state index in [9.17, 15) is 0 Å². The molecule has 4 heteroatoms. The molecule has 0 aliphatic heterocycles. The molecule has 0 radical (unpaired) electrons. The van der Waals surface area contributed by atoms with E-state index in [0.717, 1.165) is 32.6 Å². The predicted octanol–water partition coefficient (Wildman–Crippen LogP) is 1.26. The van der Waals surface area contributed by atoms with Crippen molar-refractivity contribution < 1.29 is 0 Å². The maximum absolute atomic E-state index is 4.54. The van der Waals surface area contributed by atoms with E-state index in [1.54, 1.807) is 0 Å². The van der Waals surface area contributed by atoms with Gasteiger partial charge in [0.1, 0.15) is 0 Å². The van der Waals surface area contributed by atoms with Crippen molar-refractivity contribution in [1.82, 2.24) is 20.4 Å². The Hall–Kier alpha value is -0.870. The van der Waals surface area contributed by atoms with Gasteiger partial charge in [-0.25, -0.2) is 0 Å². The molecule has 4 nitrogen and oxygen atoms in total. The Morgan fingerprint density at radius 3 is 2.53 bits per heavy atom. The smallest absolute Gasteiger partial charge is 0.0628 e. The van der Waals surface area contributed by atoms with Crippen molar-refractivity contribution in [3.05, 3.63) is 17.0 Å². The number of aryl methyl sites for hydroxylation is 2. The average Bonchev–Trinajstić information content (AvgIpc) is 2.60. The van der Waals surface area contributed by atoms with E-state index in [1.165, 1.54) is 23.4 Å². The molecule has 1 aromatic rings. The monoisotopic (exact) mass is 238 g/mol. The summed E-state index contributed by atoms with van der Waals surface area (Å²) >= 11 is 0. The normalized spacial score (nSPS) is 11.1. The topological polar surface area (TPSA) is 41.9 Å². The van der Waals surface area contributed by atoms with Crippen molar-refractivity contribution in [2.24, 2.45) is 0 Å². The first-order valence-corrected chi connectivity index (χ1v) is 6.58. The molecule has 1 aromatic heterocycles. The molecule has 0 amide bonds. The molecular weight excluding hydrogens is 212 g/mol. The fourth-order valence-corrected chi connectivity index (χ4v) is 2.13. The van der Waals surface area contributed by atoms with Crippen LogP contribution in [-0.2, 0) is 13.0 Å². The second-order valence-corrected chi connectivity index (χ2v) is 4.42. The van der Waals surface area contributed by atoms with Gasteiger partial charge in [0.15, 0.2) is 0 Å². The van der Waals surface area contributed by atoms with Crippen molar-refractivity contribution >= 4 is 0 Å². The fourth-order valence-electron chi connectivity index (χ4n) is 2.13. The SMILES string of the molecule is CCn1nc(C)c(CCNCCCNC)c1C. The van der Waals surface area contributed by atoms with Crippen LogP contribution < -0.4 is 10.6 Å². The van der Waals surface area contributed by atoms with Crippen molar-refractivity contribution in [2.75, 3.05) is 26.7 Å². The third-order valence-electron chi connectivity index (χ3n) is 3.16. The molecular formula is C13H26N4. The van der Waals surface area contributed by atoms with Crippen LogP contribution in [0.15, 0.2) is 0 Å². The van der Waals surface area contributed by atoms with Gasteiger partial charge in [0.05, 0.1) is 5.69 Å². The maximum Gasteiger partial charge on any atom is 0.0628 e. The van der Waals surface area contributed by atoms with Gasteiger partial charge in [-0.05, 0) is 65.9 Å². The minimum atomic E-state index is 0.961. The zero-order valence-corrected chi connectivity index (χ0v) is 11.6. The highest BCUT2D eigenvalue weighted by Crippen LogP contribution is 2.13. The Morgan fingerprint density at radius 1 is 1.18 bits per heavy atom. The standard InChI is InChI=1S/C13H26N4/c1-5-17-12(3)13(11(2)16-17)7-10-15-9-6-8-14-4/h14-15H,5-10H2,1-4H3. The summed E-state index contributed by atoms with van der Waals surface area (Å²) in [6.45, 7) is 10.6. The van der Waals surface area contributed by atoms with Crippen LogP contribution in [0.25, 0.3) is 0 Å². The summed E-state index contributed by atoms with van der Waals surface area (Å²) in [5, 5.41) is 11.2. The minimum absolute atomic E-state index is 0.961. The second-order valence-electron chi connectivity index (χ2n) is 4.42. The van der Waals surface area contributed by atoms with Crippen molar-refractivity contribution in [2.45, 2.75) is 40.2 Å². The Balaban J connectivity index is 2.34. The minimum Gasteiger partial charge on any atom is -0.320 e. The summed E-state index contributed by atoms with van der Waals surface area (Å²) in [6, 6.07) is 0. The Kier molecular flexibility index (Phi) is 6.22. The molecule has 0 unspecified atom stereocenters. The number of aromatic nitrogens is 2. The number of hydrogen-bond acceptors (Lipinski definition) is 3. The summed E-state index contributed by atoms with van der Waals surface area (Å²) in [6.07, 6.45) is 2.26. The Labute approximate surface area is 105 Å². The zero-order chi connectivity index (χ0) is 12.7. The molecule has 1 heterocycles. The van der Waals surface area contributed by atoms with Gasteiger partial charge in [0.2, 0.25) is 0 Å². The molecule has 0 atom stereocenters. The number of nitrogens with zero attached hydrogens (tertiary/aromatic N) is 2. The van der Waals surface area contributed by atoms with Gasteiger partial charge < -0.3 is 10.6 Å². The van der Waals surface area contributed by atoms with Gasteiger partial charge in [0, 0.05) is 12.2 Å². The van der Waals surface area contributed by atoms with E-state index >= 15 is 0 Å². The Morgan fingerprint density at radius 2 is 1.94 bits per heavy atom. The highest BCUT2D eigenvalue weighted by atomic mass is 15.3. The summed E-state index contributed by atoms with van der Waals surface area (Å²) in [4.78, 5) is 0. The molecule has 98 valence electrons. The maximum atomic E-state index is 4.54. The summed E-state index contributed by atoms with van der Waals surface area (Å²) < 4.78 is 2.09. The largest absolute Gasteiger partial charge is 0.320 e. The third kappa shape index (κ3) is 4.13. The van der Waals surface area contributed by atoms with E-state index in [4.69, 9.17) is 0 Å². The highest BCUT2D eigenvalue weighted by molar-refractivity contribution is 5.24. The fraction of sp³-hybridized carbons (Fsp3) is 0.769. The number of nitrogens with one attached hydrogen (secondary N) is 2. The molecule has 2 N–H and O–H groups in total. The first kappa shape index (κ1) is 14.2. The predicted molar refractivity (Wildman–Crippen MR) is 72.5 cm³/mol. The molecule has 0 fully saturated rings. The van der Waals surface area contributed by atoms with Gasteiger partial charge in [-0.1, -0.05) is 0 Å². The molecule has 0 saturated heterocycles. The third-order valence-corrected chi connectivity index (χ3v) is 3.16. The molecule has 17 heavy (non-hydrogen) atoms. The van der Waals surface area contributed by atoms with Crippen LogP contribution in [0.3, 0.4) is 0 Å². The molecule has 0 spiro atoms. The molecule has 0 aliphatic carbocycles. The van der Waals surface area contributed by atoms with Crippen molar-refractivity contribution in [1.29, 1.82) is 0 Å². The molecule has 0 aliphatic rings. The van der Waals surface area contributed by atoms with Crippen LogP contribution in [0.1, 0.15) is 30.3 Å². The van der Waals surface area contributed by atoms with Gasteiger partial charge in [-0.15, -0.1) is 0 Å². The van der Waals surface area contributed by atoms with Crippen molar-refractivity contribution in [3.8, 4) is 0 Å². The van der Waals surface area contributed by atoms with Crippen LogP contribution >= 0.6 is 0 Å². The van der Waals surface area contributed by atoms with Gasteiger partial charge in [-0.2, -0.15) is 5.10 Å². The van der Waals surface area contributed by atoms with Crippen LogP contribution in [0.2, 0.25) is 0 Å². The van der Waals surface area contributed by atoms with Crippen LogP contribution in [0, 0.1) is 13.8 Å². The first-order valence-electron chi connectivity index (χ1n) is 6.58. The molecule has 0 bridgehead atoms. The average molecular weight is 238 g/mol. The van der Waals surface area contributed by atoms with Crippen LogP contribution in [0.5, 0.6) is 0 Å². The number of hydrogen-bond donors (Lipinski definition) is 2. The first-order chi connectivity index (χ1) is 8.20. The lowest BCUT2D eigenvalue weighted by Crippen LogP contribution is -2.22.